The van der Waals surface area contributed by atoms with Gasteiger partial charge in [-0.15, -0.1) is 0 Å². The Labute approximate surface area is 243 Å². The summed E-state index contributed by atoms with van der Waals surface area (Å²) in [6.07, 6.45) is 8.03. The number of rotatable bonds is 9. The molecule has 0 spiro atoms. The van der Waals surface area contributed by atoms with Crippen molar-refractivity contribution in [1.29, 1.82) is 0 Å². The number of fused-ring (bicyclic) bond motifs is 1. The van der Waals surface area contributed by atoms with E-state index in [9.17, 15) is 18.0 Å². The second-order valence-corrected chi connectivity index (χ2v) is 10.9. The van der Waals surface area contributed by atoms with Crippen LogP contribution < -0.4 is 21.7 Å². The second kappa shape index (κ2) is 12.9. The van der Waals surface area contributed by atoms with E-state index in [4.69, 9.17) is 13.8 Å². The Hall–Kier alpha value is -2.72. The lowest BCUT2D eigenvalue weighted by molar-refractivity contribution is -0.126. The minimum Gasteiger partial charge on any atom is -0.355 e. The van der Waals surface area contributed by atoms with Gasteiger partial charge in [-0.1, -0.05) is 0 Å². The van der Waals surface area contributed by atoms with Crippen LogP contribution in [0.1, 0.15) is 57.4 Å². The average molecular weight is 672 g/mol. The summed E-state index contributed by atoms with van der Waals surface area (Å²) in [6.45, 7) is 0.796. The lowest BCUT2D eigenvalue weighted by atomic mass is 9.85. The molecule has 2 heterocycles. The lowest BCUT2D eigenvalue weighted by Gasteiger charge is -2.30. The standard InChI is InChI=1S/C26H32F3IN8O2/c27-15-11-19(28)22(20(29)12-15)36-26-35-21-13-33-25(34-16-3-7-18(40-30)8-4-16)37-23(21)38(26)17-5-1-14(2-6-17)24(39)32-10-9-31/h11-14,16-18H,1-10,31H2,(H,32,39)(H,35,36)(H,33,34,37). The van der Waals surface area contributed by atoms with Crippen LogP contribution in [0.25, 0.3) is 11.2 Å². The molecule has 1 amide bonds. The number of hydrogen-bond acceptors (Lipinski definition) is 8. The second-order valence-electron chi connectivity index (χ2n) is 10.4. The first kappa shape index (κ1) is 28.8. The molecule has 5 rings (SSSR count). The van der Waals surface area contributed by atoms with Gasteiger partial charge in [-0.05, 0) is 51.4 Å². The van der Waals surface area contributed by atoms with Gasteiger partial charge >= 0.3 is 0 Å². The van der Waals surface area contributed by atoms with E-state index in [1.54, 1.807) is 6.20 Å². The molecule has 2 aliphatic rings. The predicted octanol–water partition coefficient (Wildman–Crippen LogP) is 4.88. The van der Waals surface area contributed by atoms with Crippen LogP contribution >= 0.6 is 23.0 Å². The molecule has 0 radical (unpaired) electrons. The molecule has 0 bridgehead atoms. The molecule has 2 fully saturated rings. The topological polar surface area (TPSA) is 132 Å². The number of imidazole rings is 1. The number of hydrogen-bond donors (Lipinski definition) is 4. The van der Waals surface area contributed by atoms with Crippen molar-refractivity contribution >= 4 is 57.7 Å². The van der Waals surface area contributed by atoms with E-state index in [1.807, 2.05) is 27.6 Å². The maximum absolute atomic E-state index is 14.6. The number of halogens is 4. The highest BCUT2D eigenvalue weighted by Crippen LogP contribution is 2.38. The van der Waals surface area contributed by atoms with Crippen LogP contribution in [-0.4, -0.2) is 50.7 Å². The minimum atomic E-state index is -1.07. The molecule has 40 heavy (non-hydrogen) atoms. The maximum atomic E-state index is 14.6. The molecule has 1 aromatic carbocycles. The van der Waals surface area contributed by atoms with Crippen LogP contribution in [0.5, 0.6) is 0 Å². The van der Waals surface area contributed by atoms with Gasteiger partial charge in [0, 0.05) is 43.2 Å². The van der Waals surface area contributed by atoms with E-state index in [2.05, 4.69) is 25.9 Å². The fourth-order valence-electron chi connectivity index (χ4n) is 5.58. The highest BCUT2D eigenvalue weighted by atomic mass is 127. The Morgan fingerprint density at radius 3 is 2.40 bits per heavy atom. The van der Waals surface area contributed by atoms with Gasteiger partial charge in [0.05, 0.1) is 12.3 Å². The molecule has 0 aliphatic heterocycles. The first-order valence-electron chi connectivity index (χ1n) is 13.5. The first-order chi connectivity index (χ1) is 19.4. The van der Waals surface area contributed by atoms with Gasteiger partial charge in [0.15, 0.2) is 17.3 Å². The number of nitrogens with one attached hydrogen (secondary N) is 3. The van der Waals surface area contributed by atoms with Crippen LogP contribution in [0.2, 0.25) is 0 Å². The van der Waals surface area contributed by atoms with Crippen LogP contribution in [-0.2, 0) is 7.86 Å². The molecule has 2 aliphatic carbocycles. The monoisotopic (exact) mass is 672 g/mol. The molecule has 3 aromatic rings. The third kappa shape index (κ3) is 6.43. The molecule has 0 atom stereocenters. The summed E-state index contributed by atoms with van der Waals surface area (Å²) in [5.74, 6) is -2.72. The van der Waals surface area contributed by atoms with E-state index in [0.717, 1.165) is 25.7 Å². The Morgan fingerprint density at radius 2 is 1.75 bits per heavy atom. The van der Waals surface area contributed by atoms with Crippen LogP contribution in [0.4, 0.5) is 30.8 Å². The number of amides is 1. The number of benzene rings is 1. The number of nitrogens with two attached hydrogens (primary N) is 1. The Bertz CT molecular complexity index is 1320. The normalized spacial score (nSPS) is 23.2. The van der Waals surface area contributed by atoms with Gasteiger partial charge in [-0.3, -0.25) is 9.36 Å². The van der Waals surface area contributed by atoms with Gasteiger partial charge in [-0.25, -0.2) is 23.1 Å². The number of carbonyl (C=O) groups is 1. The summed E-state index contributed by atoms with van der Waals surface area (Å²) in [6, 6.07) is 1.28. The van der Waals surface area contributed by atoms with Crippen molar-refractivity contribution in [2.24, 2.45) is 11.7 Å². The summed E-state index contributed by atoms with van der Waals surface area (Å²) < 4.78 is 49.9. The van der Waals surface area contributed by atoms with Crippen LogP contribution in [0, 0.1) is 23.4 Å². The molecular weight excluding hydrogens is 640 g/mol. The summed E-state index contributed by atoms with van der Waals surface area (Å²) in [5, 5.41) is 8.99. The first-order valence-corrected chi connectivity index (χ1v) is 14.4. The molecule has 5 N–H and O–H groups in total. The molecular formula is C26H32F3IN8O2. The van der Waals surface area contributed by atoms with E-state index in [0.29, 0.717) is 68.0 Å². The molecule has 0 unspecified atom stereocenters. The van der Waals surface area contributed by atoms with Gasteiger partial charge in [0.1, 0.15) is 40.0 Å². The summed E-state index contributed by atoms with van der Waals surface area (Å²) in [5.41, 5.74) is 5.95. The highest BCUT2D eigenvalue weighted by molar-refractivity contribution is 14.1. The largest absolute Gasteiger partial charge is 0.355 e. The zero-order valence-corrected chi connectivity index (χ0v) is 24.0. The molecule has 10 nitrogen and oxygen atoms in total. The number of aromatic nitrogens is 4. The maximum Gasteiger partial charge on any atom is 0.224 e. The van der Waals surface area contributed by atoms with Gasteiger partial charge < -0.3 is 24.8 Å². The Kier molecular flexibility index (Phi) is 9.25. The minimum absolute atomic E-state index is 0.0234. The van der Waals surface area contributed by atoms with Crippen molar-refractivity contribution in [3.8, 4) is 0 Å². The van der Waals surface area contributed by atoms with Gasteiger partial charge in [0.25, 0.3) is 0 Å². The molecule has 2 aromatic heterocycles. The zero-order chi connectivity index (χ0) is 28.2. The average Bonchev–Trinajstić information content (AvgIpc) is 3.31. The van der Waals surface area contributed by atoms with Crippen molar-refractivity contribution in [2.45, 2.75) is 69.6 Å². The van der Waals surface area contributed by atoms with Crippen molar-refractivity contribution < 1.29 is 21.0 Å². The van der Waals surface area contributed by atoms with Crippen molar-refractivity contribution in [2.75, 3.05) is 23.7 Å². The summed E-state index contributed by atoms with van der Waals surface area (Å²) >= 11 is 1.94. The summed E-state index contributed by atoms with van der Waals surface area (Å²) in [4.78, 5) is 26.3. The molecule has 0 saturated heterocycles. The third-order valence-electron chi connectivity index (χ3n) is 7.69. The smallest absolute Gasteiger partial charge is 0.224 e. The van der Waals surface area contributed by atoms with Crippen molar-refractivity contribution in [3.63, 3.8) is 0 Å². The lowest BCUT2D eigenvalue weighted by Crippen LogP contribution is -2.36. The number of carbonyl (C=O) groups excluding carboxylic acids is 1. The molecule has 14 heteroatoms. The van der Waals surface area contributed by atoms with Crippen molar-refractivity contribution in [3.05, 3.63) is 35.8 Å². The van der Waals surface area contributed by atoms with Crippen molar-refractivity contribution in [1.82, 2.24) is 24.8 Å². The quantitative estimate of drug-likeness (QED) is 0.237. The van der Waals surface area contributed by atoms with Gasteiger partial charge in [0.2, 0.25) is 17.8 Å². The molecule has 2 saturated carbocycles. The third-order valence-corrected chi connectivity index (χ3v) is 8.41. The zero-order valence-electron chi connectivity index (χ0n) is 21.8. The van der Waals surface area contributed by atoms with Gasteiger partial charge in [-0.2, -0.15) is 4.98 Å². The van der Waals surface area contributed by atoms with E-state index in [-0.39, 0.29) is 36.0 Å². The van der Waals surface area contributed by atoms with Crippen LogP contribution in [0.15, 0.2) is 18.3 Å². The van der Waals surface area contributed by atoms with E-state index >= 15 is 0 Å². The number of nitrogens with zero attached hydrogens (tertiary/aromatic N) is 4. The molecule has 216 valence electrons. The fraction of sp³-hybridized carbons (Fsp3) is 0.538. The summed E-state index contributed by atoms with van der Waals surface area (Å²) in [7, 11) is 0. The van der Waals surface area contributed by atoms with E-state index < -0.39 is 23.1 Å². The Morgan fingerprint density at radius 1 is 1.05 bits per heavy atom. The highest BCUT2D eigenvalue weighted by Gasteiger charge is 2.31. The van der Waals surface area contributed by atoms with E-state index in [1.165, 1.54) is 0 Å². The number of anilines is 3. The SMILES string of the molecule is NCCNC(=O)C1CCC(n2c(Nc3c(F)cc(F)cc3F)nc3cnc(NC4CCC(OI)CC4)nc32)CC1. The predicted molar refractivity (Wildman–Crippen MR) is 153 cm³/mol. The Balaban J connectivity index is 1.44. The fourth-order valence-corrected chi connectivity index (χ4v) is 6.09. The van der Waals surface area contributed by atoms with Crippen LogP contribution in [0.3, 0.4) is 0 Å².